The highest BCUT2D eigenvalue weighted by Gasteiger charge is 2.21. The van der Waals surface area contributed by atoms with Crippen molar-refractivity contribution in [3.8, 4) is 0 Å². The Kier molecular flexibility index (Phi) is 5.56. The van der Waals surface area contributed by atoms with E-state index in [4.69, 9.17) is 0 Å². The Labute approximate surface area is 148 Å². The number of carbonyl (C=O) groups is 1. The largest absolute Gasteiger partial charge is 0.337 e. The van der Waals surface area contributed by atoms with Crippen LogP contribution in [0.4, 0.5) is 17.6 Å². The van der Waals surface area contributed by atoms with Crippen molar-refractivity contribution in [3.05, 3.63) is 70.8 Å². The van der Waals surface area contributed by atoms with Gasteiger partial charge in [0.05, 0.1) is 0 Å². The van der Waals surface area contributed by atoms with Crippen molar-refractivity contribution in [2.45, 2.75) is 13.0 Å². The van der Waals surface area contributed by atoms with Crippen LogP contribution >= 0.6 is 0 Å². The summed E-state index contributed by atoms with van der Waals surface area (Å²) in [6.45, 7) is 2.60. The summed E-state index contributed by atoms with van der Waals surface area (Å²) in [5.74, 6) is -4.15. The zero-order chi connectivity index (χ0) is 18.7. The normalized spacial score (nSPS) is 15.8. The number of hydrogen-bond donors (Lipinski definition) is 0. The SMILES string of the molecule is O=C(c1ccc(F)c(F)c1)N1CCCN(Cc2ccc(F)c(F)c2)CC1. The summed E-state index contributed by atoms with van der Waals surface area (Å²) in [7, 11) is 0. The Bertz CT molecular complexity index is 812. The summed E-state index contributed by atoms with van der Waals surface area (Å²) < 4.78 is 52.7. The number of halogens is 4. The number of carbonyl (C=O) groups excluding carboxylic acids is 1. The first-order valence-electron chi connectivity index (χ1n) is 8.34. The lowest BCUT2D eigenvalue weighted by atomic mass is 10.2. The predicted octanol–water partition coefficient (Wildman–Crippen LogP) is 3.59. The Balaban J connectivity index is 1.63. The van der Waals surface area contributed by atoms with Gasteiger partial charge in [0.25, 0.3) is 5.91 Å². The summed E-state index contributed by atoms with van der Waals surface area (Å²) >= 11 is 0. The standard InChI is InChI=1S/C19H18F4N2O/c20-15-4-2-13(10-17(15)22)12-24-6-1-7-25(9-8-24)19(26)14-3-5-16(21)18(23)11-14/h2-5,10-11H,1,6-9,12H2. The van der Waals surface area contributed by atoms with Crippen LogP contribution in [0.15, 0.2) is 36.4 Å². The molecule has 0 spiro atoms. The van der Waals surface area contributed by atoms with Crippen molar-refractivity contribution >= 4 is 5.91 Å². The lowest BCUT2D eigenvalue weighted by Crippen LogP contribution is -2.35. The van der Waals surface area contributed by atoms with E-state index >= 15 is 0 Å². The topological polar surface area (TPSA) is 23.6 Å². The maximum absolute atomic E-state index is 13.3. The lowest BCUT2D eigenvalue weighted by molar-refractivity contribution is 0.0760. The fraction of sp³-hybridized carbons (Fsp3) is 0.316. The zero-order valence-corrected chi connectivity index (χ0v) is 14.0. The molecule has 138 valence electrons. The molecule has 2 aromatic carbocycles. The molecular formula is C19H18F4N2O. The van der Waals surface area contributed by atoms with Gasteiger partial charge in [-0.2, -0.15) is 0 Å². The van der Waals surface area contributed by atoms with Gasteiger partial charge < -0.3 is 4.90 Å². The third-order valence-corrected chi connectivity index (χ3v) is 4.43. The van der Waals surface area contributed by atoms with Gasteiger partial charge in [-0.25, -0.2) is 17.6 Å². The zero-order valence-electron chi connectivity index (χ0n) is 14.0. The van der Waals surface area contributed by atoms with Crippen LogP contribution < -0.4 is 0 Å². The summed E-state index contributed by atoms with van der Waals surface area (Å²) in [5, 5.41) is 0. The van der Waals surface area contributed by atoms with E-state index < -0.39 is 23.3 Å². The van der Waals surface area contributed by atoms with Crippen LogP contribution in [-0.4, -0.2) is 41.9 Å². The summed E-state index contributed by atoms with van der Waals surface area (Å²) in [6, 6.07) is 6.92. The number of hydrogen-bond acceptors (Lipinski definition) is 2. The number of rotatable bonds is 3. The molecule has 0 radical (unpaired) electrons. The second-order valence-corrected chi connectivity index (χ2v) is 6.30. The highest BCUT2D eigenvalue weighted by atomic mass is 19.2. The minimum Gasteiger partial charge on any atom is -0.337 e. The van der Waals surface area contributed by atoms with Crippen molar-refractivity contribution in [2.24, 2.45) is 0 Å². The minimum atomic E-state index is -1.05. The minimum absolute atomic E-state index is 0.109. The van der Waals surface area contributed by atoms with E-state index in [1.807, 2.05) is 4.90 Å². The van der Waals surface area contributed by atoms with Gasteiger partial charge in [0.2, 0.25) is 0 Å². The first-order chi connectivity index (χ1) is 12.4. The molecule has 1 fully saturated rings. The molecule has 0 saturated carbocycles. The van der Waals surface area contributed by atoms with Crippen molar-refractivity contribution in [1.82, 2.24) is 9.80 Å². The maximum atomic E-state index is 13.3. The Morgan fingerprint density at radius 3 is 2.19 bits per heavy atom. The Hall–Kier alpha value is -2.41. The third kappa shape index (κ3) is 4.22. The number of benzene rings is 2. The molecule has 2 aromatic rings. The van der Waals surface area contributed by atoms with Crippen molar-refractivity contribution < 1.29 is 22.4 Å². The van der Waals surface area contributed by atoms with Gasteiger partial charge in [0.15, 0.2) is 23.3 Å². The van der Waals surface area contributed by atoms with Crippen LogP contribution in [0.5, 0.6) is 0 Å². The summed E-state index contributed by atoms with van der Waals surface area (Å²) in [6.07, 6.45) is 0.694. The summed E-state index contributed by atoms with van der Waals surface area (Å²) in [4.78, 5) is 16.1. The van der Waals surface area contributed by atoms with Gasteiger partial charge in [-0.3, -0.25) is 9.69 Å². The first kappa shape index (κ1) is 18.4. The molecule has 1 saturated heterocycles. The van der Waals surface area contributed by atoms with Crippen LogP contribution in [0.2, 0.25) is 0 Å². The van der Waals surface area contributed by atoms with Gasteiger partial charge in [0.1, 0.15) is 0 Å². The van der Waals surface area contributed by atoms with E-state index in [1.54, 1.807) is 4.90 Å². The van der Waals surface area contributed by atoms with Crippen molar-refractivity contribution in [1.29, 1.82) is 0 Å². The van der Waals surface area contributed by atoms with Crippen LogP contribution in [-0.2, 0) is 6.54 Å². The molecule has 0 unspecified atom stereocenters. The molecular weight excluding hydrogens is 348 g/mol. The fourth-order valence-electron chi connectivity index (χ4n) is 3.04. The molecule has 0 aromatic heterocycles. The molecule has 1 aliphatic rings. The second kappa shape index (κ2) is 7.86. The lowest BCUT2D eigenvalue weighted by Gasteiger charge is -2.22. The van der Waals surface area contributed by atoms with Crippen LogP contribution in [0, 0.1) is 23.3 Å². The van der Waals surface area contributed by atoms with E-state index in [0.29, 0.717) is 44.7 Å². The van der Waals surface area contributed by atoms with Crippen LogP contribution in [0.25, 0.3) is 0 Å². The molecule has 3 nitrogen and oxygen atoms in total. The predicted molar refractivity (Wildman–Crippen MR) is 88.5 cm³/mol. The monoisotopic (exact) mass is 366 g/mol. The molecule has 1 amide bonds. The third-order valence-electron chi connectivity index (χ3n) is 4.43. The molecule has 1 aliphatic heterocycles. The summed E-state index contributed by atoms with van der Waals surface area (Å²) in [5.41, 5.74) is 0.766. The van der Waals surface area contributed by atoms with Crippen molar-refractivity contribution in [2.75, 3.05) is 26.2 Å². The van der Waals surface area contributed by atoms with Gasteiger partial charge in [-0.05, 0) is 42.3 Å². The Morgan fingerprint density at radius 1 is 0.808 bits per heavy atom. The van der Waals surface area contributed by atoms with Gasteiger partial charge in [0, 0.05) is 38.3 Å². The van der Waals surface area contributed by atoms with Gasteiger partial charge in [-0.15, -0.1) is 0 Å². The molecule has 26 heavy (non-hydrogen) atoms. The fourth-order valence-corrected chi connectivity index (χ4v) is 3.04. The number of nitrogens with zero attached hydrogens (tertiary/aromatic N) is 2. The Morgan fingerprint density at radius 2 is 1.50 bits per heavy atom. The number of amides is 1. The average molecular weight is 366 g/mol. The molecule has 7 heteroatoms. The first-order valence-corrected chi connectivity index (χ1v) is 8.34. The van der Waals surface area contributed by atoms with Crippen molar-refractivity contribution in [3.63, 3.8) is 0 Å². The molecule has 0 atom stereocenters. The van der Waals surface area contributed by atoms with E-state index in [2.05, 4.69) is 0 Å². The molecule has 0 bridgehead atoms. The molecule has 0 N–H and O–H groups in total. The molecule has 3 rings (SSSR count). The highest BCUT2D eigenvalue weighted by Crippen LogP contribution is 2.15. The quantitative estimate of drug-likeness (QED) is 0.775. The van der Waals surface area contributed by atoms with E-state index in [-0.39, 0.29) is 11.5 Å². The molecule has 0 aliphatic carbocycles. The molecule has 1 heterocycles. The van der Waals surface area contributed by atoms with Crippen LogP contribution in [0.1, 0.15) is 22.3 Å². The van der Waals surface area contributed by atoms with E-state index in [9.17, 15) is 22.4 Å². The smallest absolute Gasteiger partial charge is 0.254 e. The van der Waals surface area contributed by atoms with Crippen LogP contribution in [0.3, 0.4) is 0 Å². The van der Waals surface area contributed by atoms with Gasteiger partial charge in [-0.1, -0.05) is 6.07 Å². The maximum Gasteiger partial charge on any atom is 0.254 e. The van der Waals surface area contributed by atoms with Gasteiger partial charge >= 0.3 is 0 Å². The van der Waals surface area contributed by atoms with E-state index in [0.717, 1.165) is 18.2 Å². The van der Waals surface area contributed by atoms with E-state index in [1.165, 1.54) is 18.2 Å². The average Bonchev–Trinajstić information content (AvgIpc) is 2.85. The second-order valence-electron chi connectivity index (χ2n) is 6.30. The highest BCUT2D eigenvalue weighted by molar-refractivity contribution is 5.94.